The first-order chi connectivity index (χ1) is 6.91. The zero-order chi connectivity index (χ0) is 11.6. The molecule has 0 saturated heterocycles. The van der Waals surface area contributed by atoms with E-state index in [0.717, 1.165) is 4.47 Å². The fraction of sp³-hybridized carbons (Fsp3) is 0.222. The van der Waals surface area contributed by atoms with Crippen LogP contribution in [0.2, 0.25) is 0 Å². The summed E-state index contributed by atoms with van der Waals surface area (Å²) in [4.78, 5) is 10.9. The van der Waals surface area contributed by atoms with E-state index in [1.807, 2.05) is 0 Å². The summed E-state index contributed by atoms with van der Waals surface area (Å²) < 4.78 is 0.759. The molecule has 0 unspecified atom stereocenters. The molecule has 0 spiro atoms. The van der Waals surface area contributed by atoms with E-state index in [2.05, 4.69) is 21.2 Å². The number of rotatable bonds is 2. The van der Waals surface area contributed by atoms with Gasteiger partial charge in [-0.05, 0) is 35.8 Å². The van der Waals surface area contributed by atoms with E-state index in [1.54, 1.807) is 19.9 Å². The minimum atomic E-state index is -0.411. The standard InChI is InChI=1S/C9H9BrN2O2S/c1-5-3-7(10)8(11-6(2)15)4-9(5)12(13)14/h3-4H,1-2H3,(H,11,15). The monoisotopic (exact) mass is 288 g/mol. The molecule has 0 aromatic heterocycles. The van der Waals surface area contributed by atoms with Crippen LogP contribution in [0.5, 0.6) is 0 Å². The zero-order valence-electron chi connectivity index (χ0n) is 8.20. The lowest BCUT2D eigenvalue weighted by Gasteiger charge is -2.07. The molecule has 0 bridgehead atoms. The summed E-state index contributed by atoms with van der Waals surface area (Å²) in [6, 6.07) is 3.16. The summed E-state index contributed by atoms with van der Waals surface area (Å²) in [5, 5.41) is 13.6. The lowest BCUT2D eigenvalue weighted by Crippen LogP contribution is -2.05. The second kappa shape index (κ2) is 4.67. The van der Waals surface area contributed by atoms with Crippen molar-refractivity contribution in [2.45, 2.75) is 13.8 Å². The van der Waals surface area contributed by atoms with Crippen LogP contribution in [0.25, 0.3) is 0 Å². The second-order valence-electron chi connectivity index (χ2n) is 3.06. The van der Waals surface area contributed by atoms with E-state index < -0.39 is 4.92 Å². The normalized spacial score (nSPS) is 9.80. The smallest absolute Gasteiger partial charge is 0.274 e. The summed E-state index contributed by atoms with van der Waals surface area (Å²) >= 11 is 8.19. The first-order valence-electron chi connectivity index (χ1n) is 4.14. The van der Waals surface area contributed by atoms with E-state index >= 15 is 0 Å². The highest BCUT2D eigenvalue weighted by atomic mass is 79.9. The largest absolute Gasteiger partial charge is 0.349 e. The molecular formula is C9H9BrN2O2S. The predicted molar refractivity (Wildman–Crippen MR) is 67.4 cm³/mol. The van der Waals surface area contributed by atoms with Crippen LogP contribution in [0, 0.1) is 17.0 Å². The Bertz CT molecular complexity index is 434. The summed E-state index contributed by atoms with van der Waals surface area (Å²) in [7, 11) is 0. The van der Waals surface area contributed by atoms with Crippen LogP contribution >= 0.6 is 28.1 Å². The van der Waals surface area contributed by atoms with Crippen molar-refractivity contribution in [3.63, 3.8) is 0 Å². The third-order valence-corrected chi connectivity index (χ3v) is 2.55. The molecule has 0 aliphatic carbocycles. The van der Waals surface area contributed by atoms with Gasteiger partial charge in [0.15, 0.2) is 0 Å². The molecule has 6 heteroatoms. The minimum Gasteiger partial charge on any atom is -0.349 e. The molecule has 1 aromatic carbocycles. The molecule has 15 heavy (non-hydrogen) atoms. The van der Waals surface area contributed by atoms with Gasteiger partial charge in [0, 0.05) is 16.1 Å². The van der Waals surface area contributed by atoms with Crippen molar-refractivity contribution in [3.05, 3.63) is 32.3 Å². The fourth-order valence-electron chi connectivity index (χ4n) is 1.14. The lowest BCUT2D eigenvalue weighted by atomic mass is 10.2. The molecule has 1 aromatic rings. The predicted octanol–water partition coefficient (Wildman–Crippen LogP) is 3.42. The summed E-state index contributed by atoms with van der Waals surface area (Å²) in [5.74, 6) is 0. The summed E-state index contributed by atoms with van der Waals surface area (Å²) in [6.07, 6.45) is 0. The average molecular weight is 289 g/mol. The van der Waals surface area contributed by atoms with Crippen LogP contribution in [0.15, 0.2) is 16.6 Å². The lowest BCUT2D eigenvalue weighted by molar-refractivity contribution is -0.385. The molecule has 0 atom stereocenters. The number of aryl methyl sites for hydroxylation is 1. The SMILES string of the molecule is CC(=S)Nc1cc([N+](=O)[O-])c(C)cc1Br. The minimum absolute atomic E-state index is 0.0805. The van der Waals surface area contributed by atoms with E-state index in [1.165, 1.54) is 6.07 Å². The maximum Gasteiger partial charge on any atom is 0.274 e. The van der Waals surface area contributed by atoms with Crippen LogP contribution in [0.4, 0.5) is 11.4 Å². The third kappa shape index (κ3) is 2.97. The van der Waals surface area contributed by atoms with E-state index in [4.69, 9.17) is 12.2 Å². The first-order valence-corrected chi connectivity index (χ1v) is 5.34. The van der Waals surface area contributed by atoms with E-state index in [0.29, 0.717) is 16.2 Å². The van der Waals surface area contributed by atoms with Crippen molar-refractivity contribution < 1.29 is 4.92 Å². The maximum atomic E-state index is 10.7. The number of halogens is 1. The molecule has 0 heterocycles. The number of anilines is 1. The molecule has 0 radical (unpaired) electrons. The number of nitrogens with zero attached hydrogens (tertiary/aromatic N) is 1. The topological polar surface area (TPSA) is 55.2 Å². The highest BCUT2D eigenvalue weighted by molar-refractivity contribution is 9.10. The van der Waals surface area contributed by atoms with Gasteiger partial charge in [-0.1, -0.05) is 12.2 Å². The number of nitro benzene ring substituents is 1. The highest BCUT2D eigenvalue weighted by Gasteiger charge is 2.14. The van der Waals surface area contributed by atoms with Crippen molar-refractivity contribution in [1.29, 1.82) is 0 Å². The van der Waals surface area contributed by atoms with Gasteiger partial charge >= 0.3 is 0 Å². The molecule has 0 amide bonds. The molecule has 80 valence electrons. The third-order valence-electron chi connectivity index (χ3n) is 1.79. The highest BCUT2D eigenvalue weighted by Crippen LogP contribution is 2.30. The second-order valence-corrected chi connectivity index (χ2v) is 4.52. The van der Waals surface area contributed by atoms with Crippen molar-refractivity contribution in [2.75, 3.05) is 5.32 Å². The molecular weight excluding hydrogens is 280 g/mol. The Balaban J connectivity index is 3.23. The Kier molecular flexibility index (Phi) is 3.76. The maximum absolute atomic E-state index is 10.7. The molecule has 0 fully saturated rings. The van der Waals surface area contributed by atoms with Gasteiger partial charge in [-0.2, -0.15) is 0 Å². The van der Waals surface area contributed by atoms with Crippen molar-refractivity contribution >= 4 is 44.5 Å². The Morgan fingerprint density at radius 1 is 1.60 bits per heavy atom. The van der Waals surface area contributed by atoms with Gasteiger partial charge in [0.2, 0.25) is 0 Å². The Morgan fingerprint density at radius 3 is 2.67 bits per heavy atom. The van der Waals surface area contributed by atoms with Crippen LogP contribution in [0.1, 0.15) is 12.5 Å². The van der Waals surface area contributed by atoms with Gasteiger partial charge in [-0.3, -0.25) is 10.1 Å². The summed E-state index contributed by atoms with van der Waals surface area (Å²) in [6.45, 7) is 3.41. The fourth-order valence-corrected chi connectivity index (χ4v) is 1.81. The number of thiocarbonyl (C=S) groups is 1. The number of benzene rings is 1. The molecule has 1 rings (SSSR count). The van der Waals surface area contributed by atoms with Crippen molar-refractivity contribution in [2.24, 2.45) is 0 Å². The van der Waals surface area contributed by atoms with Gasteiger partial charge in [-0.25, -0.2) is 0 Å². The first kappa shape index (κ1) is 12.1. The van der Waals surface area contributed by atoms with Crippen LogP contribution in [-0.4, -0.2) is 9.91 Å². The van der Waals surface area contributed by atoms with Gasteiger partial charge in [0.25, 0.3) is 5.69 Å². The number of hydrogen-bond donors (Lipinski definition) is 1. The average Bonchev–Trinajstić information content (AvgIpc) is 2.08. The molecule has 1 N–H and O–H groups in total. The molecule has 0 saturated carbocycles. The Labute approximate surface area is 101 Å². The van der Waals surface area contributed by atoms with Crippen molar-refractivity contribution in [3.8, 4) is 0 Å². The Hall–Kier alpha value is -1.01. The van der Waals surface area contributed by atoms with E-state index in [9.17, 15) is 10.1 Å². The molecule has 4 nitrogen and oxygen atoms in total. The molecule has 0 aliphatic rings. The number of hydrogen-bond acceptors (Lipinski definition) is 3. The number of nitrogens with one attached hydrogen (secondary N) is 1. The van der Waals surface area contributed by atoms with Crippen LogP contribution in [0.3, 0.4) is 0 Å². The summed E-state index contributed by atoms with van der Waals surface area (Å²) in [5.41, 5.74) is 1.30. The van der Waals surface area contributed by atoms with Crippen LogP contribution in [-0.2, 0) is 0 Å². The van der Waals surface area contributed by atoms with Gasteiger partial charge in [0.1, 0.15) is 0 Å². The van der Waals surface area contributed by atoms with Crippen LogP contribution < -0.4 is 5.32 Å². The quantitative estimate of drug-likeness (QED) is 0.515. The number of nitro groups is 1. The zero-order valence-corrected chi connectivity index (χ0v) is 10.6. The molecule has 0 aliphatic heterocycles. The van der Waals surface area contributed by atoms with Gasteiger partial charge in [0.05, 0.1) is 15.6 Å². The van der Waals surface area contributed by atoms with E-state index in [-0.39, 0.29) is 5.69 Å². The van der Waals surface area contributed by atoms with Gasteiger partial charge < -0.3 is 5.32 Å². The van der Waals surface area contributed by atoms with Gasteiger partial charge in [-0.15, -0.1) is 0 Å². The Morgan fingerprint density at radius 2 is 2.20 bits per heavy atom. The van der Waals surface area contributed by atoms with Crippen molar-refractivity contribution in [1.82, 2.24) is 0 Å².